The first-order valence-electron chi connectivity index (χ1n) is 8.66. The van der Waals surface area contributed by atoms with Gasteiger partial charge in [0.1, 0.15) is 5.82 Å². The quantitative estimate of drug-likeness (QED) is 0.584. The van der Waals surface area contributed by atoms with Crippen LogP contribution in [0.1, 0.15) is 32.3 Å². The molecule has 0 spiro atoms. The number of ether oxygens (including phenoxy) is 1. The van der Waals surface area contributed by atoms with E-state index in [1.807, 2.05) is 24.8 Å². The van der Waals surface area contributed by atoms with Crippen molar-refractivity contribution < 1.29 is 9.13 Å². The first-order valence-corrected chi connectivity index (χ1v) is 9.64. The minimum Gasteiger partial charge on any atom is -0.381 e. The highest BCUT2D eigenvalue weighted by Gasteiger charge is 2.32. The molecule has 0 saturated carbocycles. The van der Waals surface area contributed by atoms with Gasteiger partial charge in [-0.25, -0.2) is 9.38 Å². The molecule has 134 valence electrons. The van der Waals surface area contributed by atoms with Crippen molar-refractivity contribution in [2.45, 2.75) is 38.0 Å². The lowest BCUT2D eigenvalue weighted by Gasteiger charge is -2.37. The van der Waals surface area contributed by atoms with Crippen molar-refractivity contribution in [2.75, 3.05) is 32.1 Å². The molecule has 0 atom stereocenters. The Morgan fingerprint density at radius 3 is 2.75 bits per heavy atom. The maximum atomic E-state index is 13.3. The van der Waals surface area contributed by atoms with Crippen LogP contribution in [0.5, 0.6) is 0 Å². The number of aliphatic imine (C=N–C) groups is 1. The van der Waals surface area contributed by atoms with Gasteiger partial charge in [-0.3, -0.25) is 0 Å². The summed E-state index contributed by atoms with van der Waals surface area (Å²) >= 11 is 2.00. The zero-order valence-electron chi connectivity index (χ0n) is 14.6. The topological polar surface area (TPSA) is 45.7 Å². The van der Waals surface area contributed by atoms with Gasteiger partial charge in [0.2, 0.25) is 0 Å². The smallest absolute Gasteiger partial charge is 0.191 e. The predicted octanol–water partition coefficient (Wildman–Crippen LogP) is 3.18. The monoisotopic (exact) mass is 353 g/mol. The second-order valence-electron chi connectivity index (χ2n) is 5.91. The molecule has 1 aromatic rings. The van der Waals surface area contributed by atoms with Crippen LogP contribution >= 0.6 is 11.8 Å². The van der Waals surface area contributed by atoms with E-state index in [4.69, 9.17) is 4.74 Å². The van der Waals surface area contributed by atoms with Crippen LogP contribution < -0.4 is 10.6 Å². The lowest BCUT2D eigenvalue weighted by atomic mass is 9.99. The fourth-order valence-electron chi connectivity index (χ4n) is 2.81. The molecule has 1 fully saturated rings. The van der Waals surface area contributed by atoms with Crippen LogP contribution in [0.2, 0.25) is 0 Å². The number of hydrogen-bond acceptors (Lipinski definition) is 3. The molecule has 1 saturated heterocycles. The van der Waals surface area contributed by atoms with Crippen molar-refractivity contribution in [1.82, 2.24) is 10.6 Å². The average molecular weight is 354 g/mol. The second-order valence-corrected chi connectivity index (χ2v) is 7.64. The van der Waals surface area contributed by atoms with Crippen LogP contribution in [0.25, 0.3) is 0 Å². The number of nitrogens with zero attached hydrogens (tertiary/aromatic N) is 1. The number of rotatable bonds is 7. The van der Waals surface area contributed by atoms with Crippen molar-refractivity contribution in [3.8, 4) is 0 Å². The summed E-state index contributed by atoms with van der Waals surface area (Å²) in [5.74, 6) is 1.66. The van der Waals surface area contributed by atoms with Crippen molar-refractivity contribution in [1.29, 1.82) is 0 Å². The lowest BCUT2D eigenvalue weighted by molar-refractivity contribution is 0.0782. The summed E-state index contributed by atoms with van der Waals surface area (Å²) in [5, 5.41) is 6.74. The predicted molar refractivity (Wildman–Crippen MR) is 100 cm³/mol. The molecular formula is C18H28FN3OS. The van der Waals surface area contributed by atoms with Gasteiger partial charge in [-0.05, 0) is 43.2 Å². The Labute approximate surface area is 148 Å². The van der Waals surface area contributed by atoms with E-state index in [9.17, 15) is 4.39 Å². The molecule has 0 aromatic heterocycles. The number of thioether (sulfide) groups is 1. The maximum absolute atomic E-state index is 13.3. The third kappa shape index (κ3) is 5.98. The largest absolute Gasteiger partial charge is 0.381 e. The molecular weight excluding hydrogens is 325 g/mol. The van der Waals surface area contributed by atoms with Gasteiger partial charge in [-0.15, -0.1) is 0 Å². The zero-order valence-corrected chi connectivity index (χ0v) is 15.4. The van der Waals surface area contributed by atoms with Gasteiger partial charge in [-0.1, -0.05) is 19.1 Å². The summed E-state index contributed by atoms with van der Waals surface area (Å²) in [7, 11) is 0. The molecule has 1 aliphatic rings. The summed E-state index contributed by atoms with van der Waals surface area (Å²) in [6.07, 6.45) is 2.11. The van der Waals surface area contributed by atoms with Crippen LogP contribution in [0.15, 0.2) is 29.3 Å². The number of halogens is 1. The zero-order chi connectivity index (χ0) is 17.3. The van der Waals surface area contributed by atoms with E-state index < -0.39 is 0 Å². The molecule has 2 N–H and O–H groups in total. The summed E-state index contributed by atoms with van der Waals surface area (Å²) < 4.78 is 19.0. The summed E-state index contributed by atoms with van der Waals surface area (Å²) in [5.41, 5.74) is 0.871. The standard InChI is InChI=1S/C18H28FN3OS/c1-3-20-17(21-13-15-6-5-7-16(19)12-15)22-14-18(24-4-2)8-10-23-11-9-18/h5-7,12H,3-4,8-11,13-14H2,1-2H3,(H2,20,21,22). The van der Waals surface area contributed by atoms with E-state index in [1.54, 1.807) is 6.07 Å². The summed E-state index contributed by atoms with van der Waals surface area (Å²) in [6.45, 7) is 8.02. The van der Waals surface area contributed by atoms with Gasteiger partial charge in [0.25, 0.3) is 0 Å². The van der Waals surface area contributed by atoms with Crippen LogP contribution in [0.4, 0.5) is 4.39 Å². The highest BCUT2D eigenvalue weighted by molar-refractivity contribution is 8.00. The third-order valence-corrected chi connectivity index (χ3v) is 5.54. The fourth-order valence-corrected chi connectivity index (χ4v) is 4.06. The van der Waals surface area contributed by atoms with Crippen molar-refractivity contribution in [3.05, 3.63) is 35.6 Å². The van der Waals surface area contributed by atoms with Crippen molar-refractivity contribution >= 4 is 17.7 Å². The molecule has 1 heterocycles. The molecule has 0 unspecified atom stereocenters. The minimum absolute atomic E-state index is 0.210. The molecule has 1 aliphatic heterocycles. The molecule has 2 rings (SSSR count). The van der Waals surface area contributed by atoms with E-state index in [1.165, 1.54) is 12.1 Å². The number of nitrogens with one attached hydrogen (secondary N) is 2. The Balaban J connectivity index is 1.97. The highest BCUT2D eigenvalue weighted by atomic mass is 32.2. The van der Waals surface area contributed by atoms with Gasteiger partial charge < -0.3 is 15.4 Å². The third-order valence-electron chi connectivity index (χ3n) is 4.09. The van der Waals surface area contributed by atoms with E-state index in [-0.39, 0.29) is 10.6 Å². The van der Waals surface area contributed by atoms with Gasteiger partial charge in [0, 0.05) is 31.1 Å². The number of hydrogen-bond donors (Lipinski definition) is 2. The molecule has 0 amide bonds. The van der Waals surface area contributed by atoms with Gasteiger partial charge in [0.05, 0.1) is 6.54 Å². The highest BCUT2D eigenvalue weighted by Crippen LogP contribution is 2.34. The van der Waals surface area contributed by atoms with E-state index in [2.05, 4.69) is 22.5 Å². The number of guanidine groups is 1. The number of benzene rings is 1. The van der Waals surface area contributed by atoms with E-state index in [0.717, 1.165) is 56.4 Å². The summed E-state index contributed by atoms with van der Waals surface area (Å²) in [4.78, 5) is 4.59. The Hall–Kier alpha value is -1.27. The SMILES string of the molecule is CCNC(=NCc1cccc(F)c1)NCC1(SCC)CCOCC1. The molecule has 4 nitrogen and oxygen atoms in total. The summed E-state index contributed by atoms with van der Waals surface area (Å²) in [6, 6.07) is 6.59. The van der Waals surface area contributed by atoms with Crippen LogP contribution in [-0.2, 0) is 11.3 Å². The van der Waals surface area contributed by atoms with Crippen LogP contribution in [0, 0.1) is 5.82 Å². The normalized spacial score (nSPS) is 17.5. The van der Waals surface area contributed by atoms with Crippen LogP contribution in [-0.4, -0.2) is 42.8 Å². The molecule has 0 bridgehead atoms. The molecule has 6 heteroatoms. The van der Waals surface area contributed by atoms with Crippen LogP contribution in [0.3, 0.4) is 0 Å². The molecule has 0 radical (unpaired) electrons. The van der Waals surface area contributed by atoms with E-state index >= 15 is 0 Å². The fraction of sp³-hybridized carbons (Fsp3) is 0.611. The Bertz CT molecular complexity index is 527. The lowest BCUT2D eigenvalue weighted by Crippen LogP contribution is -2.48. The second kappa shape index (κ2) is 9.89. The van der Waals surface area contributed by atoms with E-state index in [0.29, 0.717) is 6.54 Å². The minimum atomic E-state index is -0.221. The maximum Gasteiger partial charge on any atom is 0.191 e. The van der Waals surface area contributed by atoms with Crippen molar-refractivity contribution in [2.24, 2.45) is 4.99 Å². The Morgan fingerprint density at radius 2 is 2.08 bits per heavy atom. The first kappa shape index (κ1) is 19.1. The molecule has 1 aromatic carbocycles. The molecule has 0 aliphatic carbocycles. The Morgan fingerprint density at radius 1 is 1.29 bits per heavy atom. The first-order chi connectivity index (χ1) is 11.7. The van der Waals surface area contributed by atoms with Gasteiger partial charge >= 0.3 is 0 Å². The average Bonchev–Trinajstić information content (AvgIpc) is 2.59. The Kier molecular flexibility index (Phi) is 7.85. The van der Waals surface area contributed by atoms with Gasteiger partial charge in [-0.2, -0.15) is 11.8 Å². The van der Waals surface area contributed by atoms with Crippen molar-refractivity contribution in [3.63, 3.8) is 0 Å². The molecule has 24 heavy (non-hydrogen) atoms. The van der Waals surface area contributed by atoms with Gasteiger partial charge in [0.15, 0.2) is 5.96 Å².